The molecule has 2 aliphatic heterocycles. The zero-order valence-electron chi connectivity index (χ0n) is 12.4. The Kier molecular flexibility index (Phi) is 5.37. The maximum absolute atomic E-state index is 12.6. The van der Waals surface area contributed by atoms with Crippen LogP contribution in [0.5, 0.6) is 0 Å². The highest BCUT2D eigenvalue weighted by molar-refractivity contribution is 5.90. The van der Waals surface area contributed by atoms with Crippen molar-refractivity contribution in [3.63, 3.8) is 0 Å². The van der Waals surface area contributed by atoms with E-state index in [1.165, 1.54) is 0 Å². The standard InChI is InChI=1S/C14H25N3O3/c1-3-15-13(18)12-9-20-8-7-17(12)14(19)11-6-4-5-10(2)16-11/h10-12,16H,3-9H2,1-2H3,(H,15,18). The molecule has 2 heterocycles. The molecule has 2 aliphatic rings. The lowest BCUT2D eigenvalue weighted by atomic mass is 9.98. The Morgan fingerprint density at radius 2 is 2.20 bits per heavy atom. The summed E-state index contributed by atoms with van der Waals surface area (Å²) in [6, 6.07) is -0.286. The van der Waals surface area contributed by atoms with Gasteiger partial charge in [0.15, 0.2) is 0 Å². The van der Waals surface area contributed by atoms with E-state index in [0.717, 1.165) is 19.3 Å². The molecule has 0 aromatic rings. The minimum atomic E-state index is -0.491. The highest BCUT2D eigenvalue weighted by Gasteiger charge is 2.36. The van der Waals surface area contributed by atoms with Crippen LogP contribution in [0.4, 0.5) is 0 Å². The fraction of sp³-hybridized carbons (Fsp3) is 0.857. The quantitative estimate of drug-likeness (QED) is 0.757. The molecule has 2 saturated heterocycles. The van der Waals surface area contributed by atoms with Crippen molar-refractivity contribution in [1.29, 1.82) is 0 Å². The first-order valence-corrected chi connectivity index (χ1v) is 7.55. The molecule has 114 valence electrons. The molecule has 0 bridgehead atoms. The van der Waals surface area contributed by atoms with Gasteiger partial charge in [0, 0.05) is 19.1 Å². The zero-order valence-corrected chi connectivity index (χ0v) is 12.4. The van der Waals surface area contributed by atoms with E-state index in [1.807, 2.05) is 6.92 Å². The summed E-state index contributed by atoms with van der Waals surface area (Å²) in [6.45, 7) is 5.82. The van der Waals surface area contributed by atoms with Gasteiger partial charge < -0.3 is 20.3 Å². The van der Waals surface area contributed by atoms with Crippen LogP contribution < -0.4 is 10.6 Å². The molecule has 0 aromatic carbocycles. The van der Waals surface area contributed by atoms with E-state index in [-0.39, 0.29) is 17.9 Å². The summed E-state index contributed by atoms with van der Waals surface area (Å²) in [4.78, 5) is 26.4. The van der Waals surface area contributed by atoms with E-state index in [2.05, 4.69) is 17.6 Å². The van der Waals surface area contributed by atoms with Gasteiger partial charge >= 0.3 is 0 Å². The summed E-state index contributed by atoms with van der Waals surface area (Å²) < 4.78 is 5.36. The van der Waals surface area contributed by atoms with Crippen molar-refractivity contribution in [2.45, 2.75) is 51.2 Å². The van der Waals surface area contributed by atoms with Gasteiger partial charge in [0.2, 0.25) is 11.8 Å². The summed E-state index contributed by atoms with van der Waals surface area (Å²) in [7, 11) is 0. The number of nitrogens with one attached hydrogen (secondary N) is 2. The molecule has 0 spiro atoms. The Morgan fingerprint density at radius 1 is 1.40 bits per heavy atom. The van der Waals surface area contributed by atoms with E-state index in [9.17, 15) is 9.59 Å². The number of ether oxygens (including phenoxy) is 1. The molecule has 2 amide bonds. The van der Waals surface area contributed by atoms with Crippen LogP contribution in [0.25, 0.3) is 0 Å². The Balaban J connectivity index is 2.03. The number of nitrogens with zero attached hydrogens (tertiary/aromatic N) is 1. The molecule has 6 nitrogen and oxygen atoms in total. The smallest absolute Gasteiger partial charge is 0.245 e. The SMILES string of the molecule is CCNC(=O)C1COCCN1C(=O)C1CCCC(C)N1. The van der Waals surface area contributed by atoms with Crippen LogP contribution in [0.2, 0.25) is 0 Å². The summed E-state index contributed by atoms with van der Waals surface area (Å²) >= 11 is 0. The molecule has 3 atom stereocenters. The summed E-state index contributed by atoms with van der Waals surface area (Å²) in [5, 5.41) is 6.12. The van der Waals surface area contributed by atoms with Gasteiger partial charge in [-0.3, -0.25) is 9.59 Å². The number of amides is 2. The van der Waals surface area contributed by atoms with Crippen molar-refractivity contribution < 1.29 is 14.3 Å². The highest BCUT2D eigenvalue weighted by atomic mass is 16.5. The molecule has 2 N–H and O–H groups in total. The maximum atomic E-state index is 12.6. The topological polar surface area (TPSA) is 70.7 Å². The average molecular weight is 283 g/mol. The normalized spacial score (nSPS) is 30.9. The summed E-state index contributed by atoms with van der Waals surface area (Å²) in [5.74, 6) is -0.0829. The lowest BCUT2D eigenvalue weighted by Gasteiger charge is -2.38. The van der Waals surface area contributed by atoms with Crippen LogP contribution in [-0.2, 0) is 14.3 Å². The van der Waals surface area contributed by atoms with E-state index >= 15 is 0 Å². The molecule has 2 rings (SSSR count). The third kappa shape index (κ3) is 3.49. The fourth-order valence-electron chi connectivity index (χ4n) is 2.91. The largest absolute Gasteiger partial charge is 0.377 e. The second kappa shape index (κ2) is 7.04. The van der Waals surface area contributed by atoms with E-state index < -0.39 is 6.04 Å². The molecule has 0 saturated carbocycles. The van der Waals surface area contributed by atoms with Gasteiger partial charge in [0.1, 0.15) is 6.04 Å². The third-order valence-electron chi connectivity index (χ3n) is 3.98. The average Bonchev–Trinajstić information content (AvgIpc) is 2.47. The number of morpholine rings is 1. The first kappa shape index (κ1) is 15.3. The first-order chi connectivity index (χ1) is 9.63. The Morgan fingerprint density at radius 3 is 2.90 bits per heavy atom. The Bertz CT molecular complexity index is 362. The van der Waals surface area contributed by atoms with E-state index in [0.29, 0.717) is 32.3 Å². The van der Waals surface area contributed by atoms with Crippen LogP contribution in [0.3, 0.4) is 0 Å². The molecule has 20 heavy (non-hydrogen) atoms. The predicted molar refractivity (Wildman–Crippen MR) is 75.2 cm³/mol. The van der Waals surface area contributed by atoms with Gasteiger partial charge in [-0.05, 0) is 33.1 Å². The maximum Gasteiger partial charge on any atom is 0.245 e. The van der Waals surface area contributed by atoms with Crippen molar-refractivity contribution in [1.82, 2.24) is 15.5 Å². The van der Waals surface area contributed by atoms with Gasteiger partial charge in [0.25, 0.3) is 0 Å². The van der Waals surface area contributed by atoms with Crippen molar-refractivity contribution in [2.75, 3.05) is 26.3 Å². The number of hydrogen-bond acceptors (Lipinski definition) is 4. The van der Waals surface area contributed by atoms with E-state index in [4.69, 9.17) is 4.74 Å². The van der Waals surface area contributed by atoms with Crippen LogP contribution in [0.15, 0.2) is 0 Å². The van der Waals surface area contributed by atoms with Gasteiger partial charge in [-0.2, -0.15) is 0 Å². The summed E-state index contributed by atoms with van der Waals surface area (Å²) in [6.07, 6.45) is 3.01. The van der Waals surface area contributed by atoms with Gasteiger partial charge in [-0.25, -0.2) is 0 Å². The molecule has 0 aromatic heterocycles. The van der Waals surface area contributed by atoms with Gasteiger partial charge in [-0.15, -0.1) is 0 Å². The second-order valence-corrected chi connectivity index (χ2v) is 5.57. The fourth-order valence-corrected chi connectivity index (χ4v) is 2.91. The highest BCUT2D eigenvalue weighted by Crippen LogP contribution is 2.17. The number of piperidine rings is 1. The predicted octanol–water partition coefficient (Wildman–Crippen LogP) is -0.119. The van der Waals surface area contributed by atoms with Crippen molar-refractivity contribution in [3.05, 3.63) is 0 Å². The van der Waals surface area contributed by atoms with Crippen LogP contribution >= 0.6 is 0 Å². The van der Waals surface area contributed by atoms with Gasteiger partial charge in [-0.1, -0.05) is 0 Å². The molecule has 6 heteroatoms. The van der Waals surface area contributed by atoms with Crippen molar-refractivity contribution in [3.8, 4) is 0 Å². The van der Waals surface area contributed by atoms with E-state index in [1.54, 1.807) is 4.90 Å². The minimum absolute atomic E-state index is 0.0381. The van der Waals surface area contributed by atoms with Crippen molar-refractivity contribution in [2.24, 2.45) is 0 Å². The van der Waals surface area contributed by atoms with Crippen LogP contribution in [-0.4, -0.2) is 61.1 Å². The van der Waals surface area contributed by atoms with Gasteiger partial charge in [0.05, 0.1) is 19.3 Å². The number of carbonyl (C=O) groups is 2. The van der Waals surface area contributed by atoms with Crippen LogP contribution in [0.1, 0.15) is 33.1 Å². The summed E-state index contributed by atoms with van der Waals surface area (Å²) in [5.41, 5.74) is 0. The van der Waals surface area contributed by atoms with Crippen LogP contribution in [0, 0.1) is 0 Å². The minimum Gasteiger partial charge on any atom is -0.377 e. The molecule has 0 radical (unpaired) electrons. The third-order valence-corrected chi connectivity index (χ3v) is 3.98. The second-order valence-electron chi connectivity index (χ2n) is 5.57. The molecule has 0 aliphatic carbocycles. The number of carbonyl (C=O) groups excluding carboxylic acids is 2. The molecular weight excluding hydrogens is 258 g/mol. The Hall–Kier alpha value is -1.14. The van der Waals surface area contributed by atoms with Crippen molar-refractivity contribution >= 4 is 11.8 Å². The number of hydrogen-bond donors (Lipinski definition) is 2. The lowest BCUT2D eigenvalue weighted by molar-refractivity contribution is -0.150. The zero-order chi connectivity index (χ0) is 14.5. The lowest BCUT2D eigenvalue weighted by Crippen LogP contribution is -2.61. The first-order valence-electron chi connectivity index (χ1n) is 7.55. The molecule has 3 unspecified atom stereocenters. The Labute approximate surface area is 120 Å². The number of likely N-dealkylation sites (N-methyl/N-ethyl adjacent to an activating group) is 1. The molecular formula is C14H25N3O3. The molecule has 2 fully saturated rings. The number of rotatable bonds is 3. The monoisotopic (exact) mass is 283 g/mol.